The van der Waals surface area contributed by atoms with Crippen LogP contribution in [0.4, 0.5) is 28.4 Å². The zero-order valence-electron chi connectivity index (χ0n) is 41.9. The summed E-state index contributed by atoms with van der Waals surface area (Å²) < 4.78 is 0. The molecule has 14 rings (SSSR count). The zero-order chi connectivity index (χ0) is 49.9. The van der Waals surface area contributed by atoms with E-state index in [-0.39, 0.29) is 0 Å². The zero-order valence-corrected chi connectivity index (χ0v) is 41.9. The summed E-state index contributed by atoms with van der Waals surface area (Å²) in [6.07, 6.45) is 8.11. The fraction of sp³-hybridized carbons (Fsp3) is 0.0685. The smallest absolute Gasteiger partial charge is 0.0715 e. The van der Waals surface area contributed by atoms with Gasteiger partial charge in [0.2, 0.25) is 0 Å². The Balaban J connectivity index is 1.13. The van der Waals surface area contributed by atoms with Crippen LogP contribution in [0.25, 0.3) is 33.0 Å². The highest BCUT2D eigenvalue weighted by Gasteiger charge is 2.51. The fourth-order valence-corrected chi connectivity index (χ4v) is 13.2. The largest absolute Gasteiger partial charge is 0.311 e. The number of hydrogen-bond acceptors (Lipinski definition) is 2. The SMILES string of the molecule is CC1C=C(N(c2ccccc2)c2cc(N(c3ccccc3)c3ccccc3)c3c(c2)C(c2ccccc2)(c2cccc(C4(c5ccccc5)c5ccccc5-c5c4ccc4ccccc54)c2)c2ccccc2-3)C=CC1. The molecular weight excluding hydrogens is 905 g/mol. The van der Waals surface area contributed by atoms with E-state index in [2.05, 4.69) is 308 Å². The highest BCUT2D eigenvalue weighted by Crippen LogP contribution is 2.63. The van der Waals surface area contributed by atoms with E-state index < -0.39 is 10.8 Å². The number of allylic oxidation sites excluding steroid dienone is 3. The van der Waals surface area contributed by atoms with Crippen molar-refractivity contribution in [2.45, 2.75) is 24.2 Å². The van der Waals surface area contributed by atoms with Crippen molar-refractivity contribution in [1.29, 1.82) is 0 Å². The first-order chi connectivity index (χ1) is 37.1. The molecule has 0 spiro atoms. The summed E-state index contributed by atoms with van der Waals surface area (Å²) >= 11 is 0. The van der Waals surface area contributed by atoms with Crippen molar-refractivity contribution >= 4 is 39.2 Å². The van der Waals surface area contributed by atoms with E-state index in [9.17, 15) is 0 Å². The lowest BCUT2D eigenvalue weighted by molar-refractivity contribution is 0.725. The van der Waals surface area contributed by atoms with E-state index >= 15 is 0 Å². The van der Waals surface area contributed by atoms with Gasteiger partial charge in [-0.3, -0.25) is 0 Å². The molecule has 0 fully saturated rings. The van der Waals surface area contributed by atoms with Crippen LogP contribution < -0.4 is 9.80 Å². The minimum absolute atomic E-state index is 0.381. The minimum Gasteiger partial charge on any atom is -0.311 e. The Morgan fingerprint density at radius 2 is 0.840 bits per heavy atom. The van der Waals surface area contributed by atoms with Gasteiger partial charge in [0.25, 0.3) is 0 Å². The third kappa shape index (κ3) is 6.86. The summed E-state index contributed by atoms with van der Waals surface area (Å²) in [6, 6.07) is 102. The molecule has 0 saturated heterocycles. The van der Waals surface area contributed by atoms with Gasteiger partial charge in [0, 0.05) is 34.0 Å². The van der Waals surface area contributed by atoms with E-state index in [0.717, 1.165) is 40.6 Å². The lowest BCUT2D eigenvalue weighted by Crippen LogP contribution is -2.32. The van der Waals surface area contributed by atoms with Crippen molar-refractivity contribution < 1.29 is 0 Å². The van der Waals surface area contributed by atoms with Crippen molar-refractivity contribution in [2.75, 3.05) is 9.80 Å². The number of anilines is 5. The molecule has 0 amide bonds. The summed E-state index contributed by atoms with van der Waals surface area (Å²) in [5, 5.41) is 2.52. The molecule has 2 heteroatoms. The fourth-order valence-electron chi connectivity index (χ4n) is 13.2. The molecule has 0 radical (unpaired) electrons. The second-order valence-electron chi connectivity index (χ2n) is 20.4. The molecule has 3 unspecified atom stereocenters. The Kier molecular flexibility index (Phi) is 10.7. The molecule has 3 aliphatic carbocycles. The van der Waals surface area contributed by atoms with Crippen LogP contribution in [0.2, 0.25) is 0 Å². The number of nitrogens with zero attached hydrogens (tertiary/aromatic N) is 2. The molecule has 0 heterocycles. The van der Waals surface area contributed by atoms with Crippen molar-refractivity contribution in [3.8, 4) is 22.3 Å². The van der Waals surface area contributed by atoms with Crippen molar-refractivity contribution in [1.82, 2.24) is 0 Å². The Hall–Kier alpha value is -9.24. The third-order valence-corrected chi connectivity index (χ3v) is 16.2. The quantitative estimate of drug-likeness (QED) is 0.135. The van der Waals surface area contributed by atoms with Crippen molar-refractivity contribution in [2.24, 2.45) is 5.92 Å². The molecule has 0 N–H and O–H groups in total. The number of para-hydroxylation sites is 3. The highest BCUT2D eigenvalue weighted by molar-refractivity contribution is 6.04. The molecule has 356 valence electrons. The Labute approximate surface area is 440 Å². The topological polar surface area (TPSA) is 6.48 Å². The van der Waals surface area contributed by atoms with Gasteiger partial charge in [-0.15, -0.1) is 0 Å². The van der Waals surface area contributed by atoms with Gasteiger partial charge in [-0.1, -0.05) is 244 Å². The average Bonchev–Trinajstić information content (AvgIpc) is 4.00. The molecule has 0 aliphatic heterocycles. The summed E-state index contributed by atoms with van der Waals surface area (Å²) in [5.41, 5.74) is 20.3. The summed E-state index contributed by atoms with van der Waals surface area (Å²) in [6.45, 7) is 2.32. The maximum atomic E-state index is 2.58. The van der Waals surface area contributed by atoms with Crippen LogP contribution >= 0.6 is 0 Å². The van der Waals surface area contributed by atoms with Crippen molar-refractivity contribution in [3.05, 3.63) is 341 Å². The van der Waals surface area contributed by atoms with Crippen LogP contribution in [0, 0.1) is 5.92 Å². The van der Waals surface area contributed by atoms with Crippen LogP contribution in [0.1, 0.15) is 57.9 Å². The van der Waals surface area contributed by atoms with Crippen LogP contribution in [0.3, 0.4) is 0 Å². The number of benzene rings is 11. The van der Waals surface area contributed by atoms with Crippen LogP contribution in [-0.2, 0) is 10.8 Å². The van der Waals surface area contributed by atoms with Gasteiger partial charge >= 0.3 is 0 Å². The average molecular weight is 959 g/mol. The normalized spacial score (nSPS) is 17.9. The second kappa shape index (κ2) is 18.1. The maximum Gasteiger partial charge on any atom is 0.0715 e. The first kappa shape index (κ1) is 44.5. The van der Waals surface area contributed by atoms with E-state index in [4.69, 9.17) is 0 Å². The molecule has 0 aromatic heterocycles. The third-order valence-electron chi connectivity index (χ3n) is 16.2. The molecular formula is C73H54N2. The number of rotatable bonds is 10. The van der Waals surface area contributed by atoms with Crippen LogP contribution in [0.15, 0.2) is 297 Å². The standard InChI is InChI=1S/C73H54N2/c1-51-25-23-39-60(47-51)74(57-33-11-4-12-34-57)61-49-68-71(69(50-61)75(58-35-13-5-14-36-58)59-37-15-6-16-38-59)64-42-20-22-44-66(64)73(68,54-29-9-3-10-30-54)56-32-24-31-55(48-56)72(53-27-7-2-8-28-53)65-43-21-19-41-63(65)70-62-40-18-17-26-52(62)45-46-67(70)72/h2-24,26-51H,25H2,1H3. The van der Waals surface area contributed by atoms with Crippen molar-refractivity contribution in [3.63, 3.8) is 0 Å². The molecule has 0 saturated carbocycles. The Morgan fingerprint density at radius 3 is 1.43 bits per heavy atom. The molecule has 3 aliphatic rings. The molecule has 3 atom stereocenters. The molecule has 2 nitrogen and oxygen atoms in total. The molecule has 0 bridgehead atoms. The lowest BCUT2D eigenvalue weighted by atomic mass is 9.64. The first-order valence-electron chi connectivity index (χ1n) is 26.4. The van der Waals surface area contributed by atoms with E-state index in [1.165, 1.54) is 77.5 Å². The first-order valence-corrected chi connectivity index (χ1v) is 26.4. The predicted molar refractivity (Wildman–Crippen MR) is 313 cm³/mol. The number of hydrogen-bond donors (Lipinski definition) is 0. The number of fused-ring (bicyclic) bond motifs is 8. The molecule has 11 aromatic rings. The minimum atomic E-state index is -0.776. The lowest BCUT2D eigenvalue weighted by Gasteiger charge is -2.38. The monoisotopic (exact) mass is 958 g/mol. The van der Waals surface area contributed by atoms with E-state index in [1.807, 2.05) is 0 Å². The van der Waals surface area contributed by atoms with Gasteiger partial charge in [-0.25, -0.2) is 0 Å². The van der Waals surface area contributed by atoms with E-state index in [1.54, 1.807) is 0 Å². The summed E-state index contributed by atoms with van der Waals surface area (Å²) in [5.74, 6) is 0.381. The van der Waals surface area contributed by atoms with E-state index in [0.29, 0.717) is 5.92 Å². The Bertz CT molecular complexity index is 3950. The van der Waals surface area contributed by atoms with Gasteiger partial charge in [0.15, 0.2) is 0 Å². The van der Waals surface area contributed by atoms with Gasteiger partial charge < -0.3 is 9.80 Å². The summed E-state index contributed by atoms with van der Waals surface area (Å²) in [4.78, 5) is 4.97. The van der Waals surface area contributed by atoms with Gasteiger partial charge in [-0.2, -0.15) is 0 Å². The molecule has 11 aromatic carbocycles. The van der Waals surface area contributed by atoms with Crippen LogP contribution in [0.5, 0.6) is 0 Å². The predicted octanol–water partition coefficient (Wildman–Crippen LogP) is 18.7. The second-order valence-corrected chi connectivity index (χ2v) is 20.4. The highest BCUT2D eigenvalue weighted by atomic mass is 15.2. The summed E-state index contributed by atoms with van der Waals surface area (Å²) in [7, 11) is 0. The van der Waals surface area contributed by atoms with Crippen LogP contribution in [-0.4, -0.2) is 0 Å². The van der Waals surface area contributed by atoms with Gasteiger partial charge in [0.1, 0.15) is 0 Å². The Morgan fingerprint density at radius 1 is 0.360 bits per heavy atom. The van der Waals surface area contributed by atoms with Gasteiger partial charge in [0.05, 0.1) is 16.5 Å². The molecule has 75 heavy (non-hydrogen) atoms. The van der Waals surface area contributed by atoms with Gasteiger partial charge in [-0.05, 0) is 139 Å². The maximum absolute atomic E-state index is 2.58.